The minimum absolute atomic E-state index is 0.122. The Kier molecular flexibility index (Phi) is 3.93. The maximum absolute atomic E-state index is 13.6. The first-order valence-corrected chi connectivity index (χ1v) is 6.19. The van der Waals surface area contributed by atoms with Crippen molar-refractivity contribution in [1.29, 1.82) is 0 Å². The number of aryl methyl sites for hydroxylation is 1. The Balaban J connectivity index is 2.38. The summed E-state index contributed by atoms with van der Waals surface area (Å²) >= 11 is 3.27. The van der Waals surface area contributed by atoms with Crippen LogP contribution in [0.25, 0.3) is 0 Å². The van der Waals surface area contributed by atoms with E-state index in [2.05, 4.69) is 20.9 Å². The van der Waals surface area contributed by atoms with Crippen LogP contribution < -0.4 is 10.5 Å². The van der Waals surface area contributed by atoms with Crippen molar-refractivity contribution in [2.75, 3.05) is 0 Å². The molecule has 0 spiro atoms. The highest BCUT2D eigenvalue weighted by molar-refractivity contribution is 9.10. The zero-order valence-corrected chi connectivity index (χ0v) is 11.4. The average Bonchev–Trinajstić information content (AvgIpc) is 2.34. The molecule has 0 saturated heterocycles. The van der Waals surface area contributed by atoms with Crippen molar-refractivity contribution in [3.63, 3.8) is 0 Å². The molecule has 2 aromatic rings. The monoisotopic (exact) mass is 310 g/mol. The van der Waals surface area contributed by atoms with Crippen molar-refractivity contribution >= 4 is 15.9 Å². The standard InChI is InChI=1S/C13H12BrFN2O/c1-8-2-3-9(7-16)13(17-8)18-12-6-10(14)4-5-11(12)15/h2-6H,7,16H2,1H3. The van der Waals surface area contributed by atoms with Gasteiger partial charge in [0.05, 0.1) is 0 Å². The van der Waals surface area contributed by atoms with Crippen LogP contribution in [0, 0.1) is 12.7 Å². The number of ether oxygens (including phenoxy) is 1. The van der Waals surface area contributed by atoms with Crippen LogP contribution >= 0.6 is 15.9 Å². The molecule has 0 unspecified atom stereocenters. The molecule has 0 aliphatic carbocycles. The number of hydrogen-bond acceptors (Lipinski definition) is 3. The summed E-state index contributed by atoms with van der Waals surface area (Å²) in [6.07, 6.45) is 0. The summed E-state index contributed by atoms with van der Waals surface area (Å²) in [4.78, 5) is 4.23. The van der Waals surface area contributed by atoms with Crippen molar-refractivity contribution in [3.05, 3.63) is 51.9 Å². The molecule has 0 saturated carbocycles. The molecule has 0 aliphatic heterocycles. The molecule has 18 heavy (non-hydrogen) atoms. The Hall–Kier alpha value is -1.46. The number of benzene rings is 1. The van der Waals surface area contributed by atoms with Crippen LogP contribution in [0.2, 0.25) is 0 Å². The maximum Gasteiger partial charge on any atom is 0.224 e. The van der Waals surface area contributed by atoms with Gasteiger partial charge in [0.1, 0.15) is 0 Å². The maximum atomic E-state index is 13.6. The molecular formula is C13H12BrFN2O. The van der Waals surface area contributed by atoms with Crippen molar-refractivity contribution in [2.45, 2.75) is 13.5 Å². The zero-order valence-electron chi connectivity index (χ0n) is 9.78. The molecule has 2 N–H and O–H groups in total. The lowest BCUT2D eigenvalue weighted by Crippen LogP contribution is -2.02. The topological polar surface area (TPSA) is 48.1 Å². The highest BCUT2D eigenvalue weighted by Gasteiger charge is 2.10. The zero-order chi connectivity index (χ0) is 13.1. The van der Waals surface area contributed by atoms with E-state index in [-0.39, 0.29) is 12.3 Å². The highest BCUT2D eigenvalue weighted by atomic mass is 79.9. The van der Waals surface area contributed by atoms with Gasteiger partial charge in [0.2, 0.25) is 5.88 Å². The third-order valence-corrected chi connectivity index (χ3v) is 2.89. The molecule has 3 nitrogen and oxygen atoms in total. The van der Waals surface area contributed by atoms with E-state index in [1.807, 2.05) is 19.1 Å². The quantitative estimate of drug-likeness (QED) is 0.943. The van der Waals surface area contributed by atoms with Gasteiger partial charge < -0.3 is 10.5 Å². The Labute approximate surface area is 113 Å². The lowest BCUT2D eigenvalue weighted by Gasteiger charge is -2.10. The molecule has 0 amide bonds. The molecule has 94 valence electrons. The van der Waals surface area contributed by atoms with Crippen molar-refractivity contribution in [3.8, 4) is 11.6 Å². The molecule has 0 bridgehead atoms. The summed E-state index contributed by atoms with van der Waals surface area (Å²) < 4.78 is 19.8. The predicted octanol–water partition coefficient (Wildman–Crippen LogP) is 3.54. The lowest BCUT2D eigenvalue weighted by atomic mass is 10.2. The van der Waals surface area contributed by atoms with Crippen LogP contribution in [0.1, 0.15) is 11.3 Å². The Morgan fingerprint density at radius 1 is 1.33 bits per heavy atom. The second-order valence-electron chi connectivity index (χ2n) is 3.80. The van der Waals surface area contributed by atoms with Crippen LogP contribution in [0.3, 0.4) is 0 Å². The summed E-state index contributed by atoms with van der Waals surface area (Å²) in [7, 11) is 0. The molecule has 1 aromatic heterocycles. The first kappa shape index (κ1) is 13.0. The fraction of sp³-hybridized carbons (Fsp3) is 0.154. The largest absolute Gasteiger partial charge is 0.436 e. The predicted molar refractivity (Wildman–Crippen MR) is 71.0 cm³/mol. The van der Waals surface area contributed by atoms with Crippen LogP contribution in [-0.2, 0) is 6.54 Å². The first-order chi connectivity index (χ1) is 8.60. The summed E-state index contributed by atoms with van der Waals surface area (Å²) in [6.45, 7) is 2.13. The van der Waals surface area contributed by atoms with Gasteiger partial charge in [-0.2, -0.15) is 0 Å². The average molecular weight is 311 g/mol. The van der Waals surface area contributed by atoms with Crippen LogP contribution in [0.4, 0.5) is 4.39 Å². The Bertz CT molecular complexity index is 575. The van der Waals surface area contributed by atoms with Crippen LogP contribution in [0.5, 0.6) is 11.6 Å². The van der Waals surface area contributed by atoms with E-state index in [1.165, 1.54) is 6.07 Å². The fourth-order valence-corrected chi connectivity index (χ4v) is 1.81. The number of hydrogen-bond donors (Lipinski definition) is 1. The molecule has 1 heterocycles. The Morgan fingerprint density at radius 3 is 2.83 bits per heavy atom. The van der Waals surface area contributed by atoms with Crippen LogP contribution in [-0.4, -0.2) is 4.98 Å². The molecule has 2 rings (SSSR count). The van der Waals surface area contributed by atoms with Gasteiger partial charge in [-0.1, -0.05) is 22.0 Å². The van der Waals surface area contributed by atoms with Gasteiger partial charge in [0, 0.05) is 22.3 Å². The molecule has 0 radical (unpaired) electrons. The van der Waals surface area contributed by atoms with Crippen molar-refractivity contribution in [2.24, 2.45) is 5.73 Å². The van der Waals surface area contributed by atoms with Gasteiger partial charge in [0.25, 0.3) is 0 Å². The molecule has 5 heteroatoms. The molecule has 0 atom stereocenters. The third kappa shape index (κ3) is 2.86. The van der Waals surface area contributed by atoms with E-state index in [0.717, 1.165) is 15.7 Å². The number of halogens is 2. The van der Waals surface area contributed by atoms with Gasteiger partial charge in [-0.3, -0.25) is 0 Å². The van der Waals surface area contributed by atoms with Crippen LogP contribution in [0.15, 0.2) is 34.8 Å². The van der Waals surface area contributed by atoms with E-state index >= 15 is 0 Å². The summed E-state index contributed by atoms with van der Waals surface area (Å²) in [5.41, 5.74) is 7.12. The molecule has 0 fully saturated rings. The van der Waals surface area contributed by atoms with E-state index in [0.29, 0.717) is 5.88 Å². The van der Waals surface area contributed by atoms with E-state index < -0.39 is 5.82 Å². The summed E-state index contributed by atoms with van der Waals surface area (Å²) in [5, 5.41) is 0. The summed E-state index contributed by atoms with van der Waals surface area (Å²) in [6, 6.07) is 8.16. The minimum atomic E-state index is -0.440. The highest BCUT2D eigenvalue weighted by Crippen LogP contribution is 2.28. The summed E-state index contributed by atoms with van der Waals surface area (Å²) in [5.74, 6) is 0.0242. The molecule has 1 aromatic carbocycles. The second kappa shape index (κ2) is 5.46. The van der Waals surface area contributed by atoms with Gasteiger partial charge in [-0.25, -0.2) is 9.37 Å². The van der Waals surface area contributed by atoms with E-state index in [4.69, 9.17) is 10.5 Å². The van der Waals surface area contributed by atoms with Crippen molar-refractivity contribution < 1.29 is 9.13 Å². The lowest BCUT2D eigenvalue weighted by molar-refractivity contribution is 0.421. The number of aromatic nitrogens is 1. The van der Waals surface area contributed by atoms with E-state index in [9.17, 15) is 4.39 Å². The van der Waals surface area contributed by atoms with Gasteiger partial charge in [-0.15, -0.1) is 0 Å². The number of nitrogens with two attached hydrogens (primary N) is 1. The Morgan fingerprint density at radius 2 is 2.11 bits per heavy atom. The normalized spacial score (nSPS) is 10.4. The number of rotatable bonds is 3. The minimum Gasteiger partial charge on any atom is -0.436 e. The third-order valence-electron chi connectivity index (χ3n) is 2.40. The van der Waals surface area contributed by atoms with Crippen molar-refractivity contribution in [1.82, 2.24) is 4.98 Å². The van der Waals surface area contributed by atoms with Gasteiger partial charge in [-0.05, 0) is 31.2 Å². The molecular weight excluding hydrogens is 299 g/mol. The fourth-order valence-electron chi connectivity index (χ4n) is 1.47. The molecule has 0 aliphatic rings. The van der Waals surface area contributed by atoms with Gasteiger partial charge in [0.15, 0.2) is 11.6 Å². The number of pyridine rings is 1. The van der Waals surface area contributed by atoms with Gasteiger partial charge >= 0.3 is 0 Å². The van der Waals surface area contributed by atoms with E-state index in [1.54, 1.807) is 12.1 Å². The second-order valence-corrected chi connectivity index (χ2v) is 4.71. The SMILES string of the molecule is Cc1ccc(CN)c(Oc2cc(Br)ccc2F)n1. The smallest absolute Gasteiger partial charge is 0.224 e. The number of nitrogens with zero attached hydrogens (tertiary/aromatic N) is 1. The first-order valence-electron chi connectivity index (χ1n) is 5.39.